The van der Waals surface area contributed by atoms with E-state index in [1.165, 1.54) is 42.5 Å². The molecule has 25 heavy (non-hydrogen) atoms. The first-order valence-electron chi connectivity index (χ1n) is 7.10. The third-order valence-electron chi connectivity index (χ3n) is 3.37. The lowest BCUT2D eigenvalue weighted by atomic mass is 10.0. The van der Waals surface area contributed by atoms with Crippen LogP contribution in [-0.2, 0) is 17.4 Å². The first kappa shape index (κ1) is 18.3. The standard InChI is InChI=1S/C18H13F3O4/c19-18(20,21)14-5-1-11(2-6-14)3-7-15(22)12-4-8-16(23)13(9-12)10-17(24)25/h1-9,23H,10H2,(H,24,25). The van der Waals surface area contributed by atoms with E-state index in [0.717, 1.165) is 12.1 Å². The molecule has 0 radical (unpaired) electrons. The largest absolute Gasteiger partial charge is 0.508 e. The van der Waals surface area contributed by atoms with Gasteiger partial charge in [-0.2, -0.15) is 13.2 Å². The molecule has 0 saturated carbocycles. The summed E-state index contributed by atoms with van der Waals surface area (Å²) in [6, 6.07) is 8.12. The van der Waals surface area contributed by atoms with E-state index in [1.807, 2.05) is 0 Å². The number of rotatable bonds is 5. The minimum Gasteiger partial charge on any atom is -0.508 e. The lowest BCUT2D eigenvalue weighted by molar-refractivity contribution is -0.138. The number of hydrogen-bond donors (Lipinski definition) is 2. The van der Waals surface area contributed by atoms with Crippen LogP contribution >= 0.6 is 0 Å². The molecule has 2 N–H and O–H groups in total. The summed E-state index contributed by atoms with van der Waals surface area (Å²) in [7, 11) is 0. The Morgan fingerprint density at radius 3 is 2.24 bits per heavy atom. The van der Waals surface area contributed by atoms with Crippen LogP contribution in [0.15, 0.2) is 48.5 Å². The fraction of sp³-hybridized carbons (Fsp3) is 0.111. The zero-order valence-electron chi connectivity index (χ0n) is 12.7. The minimum absolute atomic E-state index is 0.0984. The number of carboxylic acid groups (broad SMARTS) is 1. The van der Waals surface area contributed by atoms with E-state index < -0.39 is 29.9 Å². The van der Waals surface area contributed by atoms with Crippen LogP contribution in [0, 0.1) is 0 Å². The van der Waals surface area contributed by atoms with Gasteiger partial charge in [0, 0.05) is 11.1 Å². The lowest BCUT2D eigenvalue weighted by Crippen LogP contribution is -2.04. The van der Waals surface area contributed by atoms with Crippen LogP contribution in [0.2, 0.25) is 0 Å². The fourth-order valence-corrected chi connectivity index (χ4v) is 2.09. The number of carboxylic acids is 1. The van der Waals surface area contributed by atoms with Crippen molar-refractivity contribution in [1.82, 2.24) is 0 Å². The second kappa shape index (κ2) is 7.21. The molecule has 2 rings (SSSR count). The molecule has 0 unspecified atom stereocenters. The Bertz CT molecular complexity index is 821. The average molecular weight is 350 g/mol. The predicted octanol–water partition coefficient (Wildman–Crippen LogP) is 3.93. The highest BCUT2D eigenvalue weighted by molar-refractivity contribution is 6.07. The van der Waals surface area contributed by atoms with Crippen LogP contribution in [0.25, 0.3) is 6.08 Å². The SMILES string of the molecule is O=C(O)Cc1cc(C(=O)C=Cc2ccc(C(F)(F)F)cc2)ccc1O. The maximum atomic E-state index is 12.5. The van der Waals surface area contributed by atoms with E-state index in [-0.39, 0.29) is 16.9 Å². The molecule has 2 aromatic rings. The number of phenolic OH excluding ortho intramolecular Hbond substituents is 1. The second-order valence-corrected chi connectivity index (χ2v) is 5.23. The smallest absolute Gasteiger partial charge is 0.416 e. The van der Waals surface area contributed by atoms with Gasteiger partial charge in [0.05, 0.1) is 12.0 Å². The van der Waals surface area contributed by atoms with Gasteiger partial charge < -0.3 is 10.2 Å². The number of aromatic hydroxyl groups is 1. The maximum Gasteiger partial charge on any atom is 0.416 e. The van der Waals surface area contributed by atoms with Crippen LogP contribution < -0.4 is 0 Å². The van der Waals surface area contributed by atoms with Gasteiger partial charge in [0.1, 0.15) is 5.75 Å². The Balaban J connectivity index is 2.16. The number of benzene rings is 2. The first-order chi connectivity index (χ1) is 11.7. The molecule has 0 aliphatic rings. The van der Waals surface area contributed by atoms with Gasteiger partial charge in [0.2, 0.25) is 0 Å². The van der Waals surface area contributed by atoms with E-state index in [0.29, 0.717) is 5.56 Å². The van der Waals surface area contributed by atoms with Crippen molar-refractivity contribution in [2.24, 2.45) is 0 Å². The van der Waals surface area contributed by atoms with Crippen molar-refractivity contribution in [3.63, 3.8) is 0 Å². The summed E-state index contributed by atoms with van der Waals surface area (Å²) < 4.78 is 37.4. The number of halogens is 3. The van der Waals surface area contributed by atoms with Crippen molar-refractivity contribution >= 4 is 17.8 Å². The molecular weight excluding hydrogens is 337 g/mol. The quantitative estimate of drug-likeness (QED) is 0.633. The number of carbonyl (C=O) groups is 2. The number of phenols is 1. The number of ketones is 1. The topological polar surface area (TPSA) is 74.6 Å². The molecule has 0 aliphatic heterocycles. The van der Waals surface area contributed by atoms with E-state index in [4.69, 9.17) is 5.11 Å². The lowest BCUT2D eigenvalue weighted by Gasteiger charge is -2.06. The Labute approximate surface area is 140 Å². The molecule has 7 heteroatoms. The Morgan fingerprint density at radius 2 is 1.68 bits per heavy atom. The summed E-state index contributed by atoms with van der Waals surface area (Å²) in [6.07, 6.45) is -2.34. The number of alkyl halides is 3. The zero-order valence-corrected chi connectivity index (χ0v) is 12.7. The molecule has 0 heterocycles. The summed E-state index contributed by atoms with van der Waals surface area (Å²) in [5.41, 5.74) is -0.114. The van der Waals surface area contributed by atoms with Gasteiger partial charge in [-0.15, -0.1) is 0 Å². The molecule has 0 bridgehead atoms. The molecule has 0 amide bonds. The van der Waals surface area contributed by atoms with Gasteiger partial charge in [-0.25, -0.2) is 0 Å². The highest BCUT2D eigenvalue weighted by atomic mass is 19.4. The van der Waals surface area contributed by atoms with Crippen molar-refractivity contribution in [3.8, 4) is 5.75 Å². The van der Waals surface area contributed by atoms with E-state index in [9.17, 15) is 27.9 Å². The monoisotopic (exact) mass is 350 g/mol. The molecule has 4 nitrogen and oxygen atoms in total. The van der Waals surface area contributed by atoms with Crippen molar-refractivity contribution in [2.45, 2.75) is 12.6 Å². The molecule has 2 aromatic carbocycles. The van der Waals surface area contributed by atoms with Gasteiger partial charge in [-0.05, 0) is 42.0 Å². The number of aliphatic carboxylic acids is 1. The van der Waals surface area contributed by atoms with Crippen molar-refractivity contribution in [3.05, 3.63) is 70.8 Å². The average Bonchev–Trinajstić information content (AvgIpc) is 2.54. The maximum absolute atomic E-state index is 12.5. The van der Waals surface area contributed by atoms with Crippen molar-refractivity contribution < 1.29 is 33.0 Å². The van der Waals surface area contributed by atoms with E-state index >= 15 is 0 Å². The van der Waals surface area contributed by atoms with Crippen molar-refractivity contribution in [2.75, 3.05) is 0 Å². The van der Waals surface area contributed by atoms with Gasteiger partial charge >= 0.3 is 12.1 Å². The fourth-order valence-electron chi connectivity index (χ4n) is 2.09. The first-order valence-corrected chi connectivity index (χ1v) is 7.10. The van der Waals surface area contributed by atoms with Crippen LogP contribution in [0.4, 0.5) is 13.2 Å². The van der Waals surface area contributed by atoms with Crippen LogP contribution in [0.1, 0.15) is 27.0 Å². The van der Waals surface area contributed by atoms with E-state index in [1.54, 1.807) is 0 Å². The third-order valence-corrected chi connectivity index (χ3v) is 3.37. The van der Waals surface area contributed by atoms with Crippen molar-refractivity contribution in [1.29, 1.82) is 0 Å². The Morgan fingerprint density at radius 1 is 1.04 bits per heavy atom. The van der Waals surface area contributed by atoms with Gasteiger partial charge in [-0.3, -0.25) is 9.59 Å². The predicted molar refractivity (Wildman–Crippen MR) is 84.3 cm³/mol. The zero-order chi connectivity index (χ0) is 18.6. The number of carbonyl (C=O) groups excluding carboxylic acids is 1. The molecule has 0 aliphatic carbocycles. The highest BCUT2D eigenvalue weighted by Gasteiger charge is 2.29. The summed E-state index contributed by atoms with van der Waals surface area (Å²) >= 11 is 0. The summed E-state index contributed by atoms with van der Waals surface area (Å²) in [5.74, 6) is -1.85. The summed E-state index contributed by atoms with van der Waals surface area (Å²) in [6.45, 7) is 0. The Kier molecular flexibility index (Phi) is 5.26. The van der Waals surface area contributed by atoms with E-state index in [2.05, 4.69) is 0 Å². The van der Waals surface area contributed by atoms with Crippen LogP contribution in [0.3, 0.4) is 0 Å². The molecule has 130 valence electrons. The third kappa shape index (κ3) is 4.94. The highest BCUT2D eigenvalue weighted by Crippen LogP contribution is 2.29. The number of allylic oxidation sites excluding steroid dienone is 1. The molecule has 0 spiro atoms. The van der Waals surface area contributed by atoms with Crippen LogP contribution in [-0.4, -0.2) is 22.0 Å². The van der Waals surface area contributed by atoms with Crippen LogP contribution in [0.5, 0.6) is 5.75 Å². The molecule has 0 aromatic heterocycles. The minimum atomic E-state index is -4.43. The number of hydrogen-bond acceptors (Lipinski definition) is 3. The normalized spacial score (nSPS) is 11.6. The molecule has 0 atom stereocenters. The molecule has 0 fully saturated rings. The van der Waals surface area contributed by atoms with Gasteiger partial charge in [0.25, 0.3) is 0 Å². The second-order valence-electron chi connectivity index (χ2n) is 5.23. The summed E-state index contributed by atoms with van der Waals surface area (Å²) in [5, 5.41) is 18.3. The van der Waals surface area contributed by atoms with Gasteiger partial charge in [0.15, 0.2) is 5.78 Å². The summed E-state index contributed by atoms with van der Waals surface area (Å²) in [4.78, 5) is 22.8. The Hall–Kier alpha value is -3.09. The molecule has 0 saturated heterocycles. The molecular formula is C18H13F3O4. The van der Waals surface area contributed by atoms with Gasteiger partial charge in [-0.1, -0.05) is 18.2 Å².